The van der Waals surface area contributed by atoms with E-state index in [1.54, 1.807) is 0 Å². The highest BCUT2D eigenvalue weighted by Crippen LogP contribution is 2.44. The first kappa shape index (κ1) is 37.7. The summed E-state index contributed by atoms with van der Waals surface area (Å²) in [6, 6.07) is 63.6. The number of pyridine rings is 1. The Morgan fingerprint density at radius 3 is 1.80 bits per heavy atom. The van der Waals surface area contributed by atoms with Crippen LogP contribution in [0.25, 0.3) is 95.0 Å². The molecule has 0 atom stereocenters. The lowest BCUT2D eigenvalue weighted by Crippen LogP contribution is -2.10. The van der Waals surface area contributed by atoms with Gasteiger partial charge in [-0.1, -0.05) is 154 Å². The first-order valence-corrected chi connectivity index (χ1v) is 22.1. The van der Waals surface area contributed by atoms with Gasteiger partial charge in [0.25, 0.3) is 0 Å². The van der Waals surface area contributed by atoms with E-state index in [1.165, 1.54) is 0 Å². The molecule has 0 unspecified atom stereocenters. The predicted molar refractivity (Wildman–Crippen MR) is 271 cm³/mol. The summed E-state index contributed by atoms with van der Waals surface area (Å²) in [6.07, 6.45) is 1.87. The second-order valence-electron chi connectivity index (χ2n) is 18.0. The third-order valence-electron chi connectivity index (χ3n) is 12.4. The molecule has 0 aliphatic carbocycles. The van der Waals surface area contributed by atoms with Gasteiger partial charge in [-0.25, -0.2) is 4.98 Å². The normalized spacial score (nSPS) is 12.5. The van der Waals surface area contributed by atoms with E-state index < -0.39 is 6.85 Å². The summed E-state index contributed by atoms with van der Waals surface area (Å²) in [4.78, 5) is 10.5. The SMILES string of the molecule is [2H]C([2H])([2H])c1cc(-c2ccc(C(C)(C)C)cc2)c(-n2c(-c3cc(C)cc(C)c3O)nc3c(-c4cc(-c5ccccc5)cc(-c5cc(-c6ccccc6)ccn5)c4)cccc32)cc1-c1ccccc1. The minimum Gasteiger partial charge on any atom is -0.507 e. The number of hydrogen-bond donors (Lipinski definition) is 1. The van der Waals surface area contributed by atoms with Crippen LogP contribution in [0, 0.1) is 20.7 Å². The van der Waals surface area contributed by atoms with Crippen molar-refractivity contribution in [2.24, 2.45) is 0 Å². The van der Waals surface area contributed by atoms with Crippen molar-refractivity contribution in [2.75, 3.05) is 0 Å². The lowest BCUT2D eigenvalue weighted by Gasteiger charge is -2.21. The van der Waals surface area contributed by atoms with E-state index in [2.05, 4.69) is 128 Å². The van der Waals surface area contributed by atoms with E-state index in [9.17, 15) is 5.11 Å². The van der Waals surface area contributed by atoms with Crippen molar-refractivity contribution in [3.8, 4) is 89.7 Å². The third kappa shape index (κ3) is 7.93. The summed E-state index contributed by atoms with van der Waals surface area (Å²) in [7, 11) is 0. The number of imidazole rings is 1. The number of fused-ring (bicyclic) bond motifs is 1. The molecule has 4 nitrogen and oxygen atoms in total. The van der Waals surface area contributed by atoms with Crippen molar-refractivity contribution in [3.63, 3.8) is 0 Å². The second-order valence-corrected chi connectivity index (χ2v) is 18.0. The molecule has 8 aromatic carbocycles. The fourth-order valence-electron chi connectivity index (χ4n) is 9.02. The van der Waals surface area contributed by atoms with E-state index in [-0.39, 0.29) is 16.7 Å². The standard InChI is InChI=1S/C61H51N3O/c1-39-31-41(3)59(65)54(32-39)60-63-58-51(48-34-47(43-19-12-8-13-20-43)35-49(36-48)55-37-46(29-30-62-55)42-17-10-7-11-18-42)23-16-24-56(58)64(60)57-38-52(44-21-14-9-15-22-44)40(2)33-53(57)45-25-27-50(28-26-45)61(4,5)6/h7-38,65H,1-6H3/i2D3. The molecule has 0 spiro atoms. The van der Waals surface area contributed by atoms with Gasteiger partial charge in [0.15, 0.2) is 0 Å². The van der Waals surface area contributed by atoms with Crippen molar-refractivity contribution in [2.45, 2.75) is 46.9 Å². The summed E-state index contributed by atoms with van der Waals surface area (Å²) >= 11 is 0. The van der Waals surface area contributed by atoms with Crippen LogP contribution in [0.3, 0.4) is 0 Å². The molecule has 0 fully saturated rings. The molecule has 0 radical (unpaired) electrons. The number of aryl methyl sites for hydroxylation is 3. The van der Waals surface area contributed by atoms with Crippen molar-refractivity contribution in [3.05, 3.63) is 217 Å². The molecular formula is C61H51N3O. The van der Waals surface area contributed by atoms with Gasteiger partial charge in [0, 0.05) is 27.0 Å². The van der Waals surface area contributed by atoms with Crippen molar-refractivity contribution in [1.29, 1.82) is 0 Å². The van der Waals surface area contributed by atoms with Gasteiger partial charge in [0.2, 0.25) is 0 Å². The quantitative estimate of drug-likeness (QED) is 0.166. The number of phenols is 1. The van der Waals surface area contributed by atoms with Crippen LogP contribution in [-0.4, -0.2) is 19.6 Å². The van der Waals surface area contributed by atoms with E-state index in [4.69, 9.17) is 14.1 Å². The van der Waals surface area contributed by atoms with Gasteiger partial charge >= 0.3 is 0 Å². The summed E-state index contributed by atoms with van der Waals surface area (Å²) in [5.74, 6) is 0.659. The number of aromatic nitrogens is 3. The smallest absolute Gasteiger partial charge is 0.149 e. The van der Waals surface area contributed by atoms with Crippen LogP contribution in [0.1, 0.15) is 47.1 Å². The molecule has 2 aromatic heterocycles. The number of phenolic OH excluding ortho intramolecular Hbond substituents is 1. The monoisotopic (exact) mass is 844 g/mol. The van der Waals surface area contributed by atoms with Crippen molar-refractivity contribution in [1.82, 2.24) is 14.5 Å². The van der Waals surface area contributed by atoms with Crippen molar-refractivity contribution >= 4 is 11.0 Å². The summed E-state index contributed by atoms with van der Waals surface area (Å²) in [5, 5.41) is 12.0. The Bertz CT molecular complexity index is 3480. The molecule has 0 aliphatic heterocycles. The minimum atomic E-state index is -2.43. The highest BCUT2D eigenvalue weighted by atomic mass is 16.3. The Labute approximate surface area is 386 Å². The van der Waals surface area contributed by atoms with Crippen molar-refractivity contribution < 1.29 is 9.22 Å². The van der Waals surface area contributed by atoms with Crippen LogP contribution < -0.4 is 0 Å². The highest BCUT2D eigenvalue weighted by Gasteiger charge is 2.25. The summed E-state index contributed by atoms with van der Waals surface area (Å²) in [6.45, 7) is 8.05. The van der Waals surface area contributed by atoms with Gasteiger partial charge in [0.05, 0.1) is 28.0 Å². The first-order valence-electron chi connectivity index (χ1n) is 23.6. The molecule has 316 valence electrons. The zero-order valence-corrected chi connectivity index (χ0v) is 37.3. The fraction of sp³-hybridized carbons (Fsp3) is 0.115. The zero-order chi connectivity index (χ0) is 47.3. The van der Waals surface area contributed by atoms with Gasteiger partial charge in [0.1, 0.15) is 11.6 Å². The average Bonchev–Trinajstić information content (AvgIpc) is 3.74. The molecule has 0 bridgehead atoms. The van der Waals surface area contributed by atoms with E-state index in [0.29, 0.717) is 17.0 Å². The lowest BCUT2D eigenvalue weighted by molar-refractivity contribution is 0.472. The van der Waals surface area contributed by atoms with Crippen LogP contribution in [0.2, 0.25) is 0 Å². The molecule has 4 heteroatoms. The molecule has 65 heavy (non-hydrogen) atoms. The molecule has 10 aromatic rings. The molecule has 0 aliphatic rings. The summed E-state index contributed by atoms with van der Waals surface area (Å²) < 4.78 is 28.8. The Hall–Kier alpha value is -7.82. The largest absolute Gasteiger partial charge is 0.507 e. The first-order chi connectivity index (χ1) is 32.7. The maximum Gasteiger partial charge on any atom is 0.149 e. The number of hydrogen-bond acceptors (Lipinski definition) is 3. The van der Waals surface area contributed by atoms with Crippen LogP contribution in [0.15, 0.2) is 194 Å². The topological polar surface area (TPSA) is 50.9 Å². The molecule has 0 saturated heterocycles. The van der Waals surface area contributed by atoms with Gasteiger partial charge in [-0.15, -0.1) is 0 Å². The molecular weight excluding hydrogens is 791 g/mol. The van der Waals surface area contributed by atoms with E-state index >= 15 is 0 Å². The Balaban J connectivity index is 1.29. The van der Waals surface area contributed by atoms with Gasteiger partial charge < -0.3 is 5.11 Å². The van der Waals surface area contributed by atoms with Crippen LogP contribution in [0.4, 0.5) is 0 Å². The average molecular weight is 845 g/mol. The molecule has 10 rings (SSSR count). The van der Waals surface area contributed by atoms with Crippen LogP contribution >= 0.6 is 0 Å². The number of benzene rings is 8. The number of para-hydroxylation sites is 1. The minimum absolute atomic E-state index is 0.0918. The Morgan fingerprint density at radius 1 is 0.492 bits per heavy atom. The third-order valence-corrected chi connectivity index (χ3v) is 12.4. The lowest BCUT2D eigenvalue weighted by atomic mass is 9.85. The fourth-order valence-corrected chi connectivity index (χ4v) is 9.02. The molecule has 2 heterocycles. The van der Waals surface area contributed by atoms with Gasteiger partial charge in [-0.05, 0) is 147 Å². The predicted octanol–water partition coefficient (Wildman–Crippen LogP) is 16.0. The number of nitrogens with zero attached hydrogens (tertiary/aromatic N) is 3. The van der Waals surface area contributed by atoms with E-state index in [1.807, 2.05) is 105 Å². The Morgan fingerprint density at radius 2 is 1.12 bits per heavy atom. The second kappa shape index (κ2) is 16.7. The molecule has 1 N–H and O–H groups in total. The van der Waals surface area contributed by atoms with Gasteiger partial charge in [-0.2, -0.15) is 0 Å². The zero-order valence-electron chi connectivity index (χ0n) is 40.3. The highest BCUT2D eigenvalue weighted by molar-refractivity contribution is 5.99. The number of rotatable bonds is 8. The van der Waals surface area contributed by atoms with E-state index in [0.717, 1.165) is 94.7 Å². The molecule has 0 amide bonds. The van der Waals surface area contributed by atoms with Crippen LogP contribution in [-0.2, 0) is 5.41 Å². The number of aromatic hydroxyl groups is 1. The maximum absolute atomic E-state index is 12.0. The maximum atomic E-state index is 12.0. The summed E-state index contributed by atoms with van der Waals surface area (Å²) in [5.41, 5.74) is 16.7. The van der Waals surface area contributed by atoms with Crippen LogP contribution in [0.5, 0.6) is 5.75 Å². The molecule has 0 saturated carbocycles. The Kier molecular flexibility index (Phi) is 9.69. The van der Waals surface area contributed by atoms with Gasteiger partial charge in [-0.3, -0.25) is 9.55 Å².